The summed E-state index contributed by atoms with van der Waals surface area (Å²) in [6, 6.07) is 2.20. The molecule has 2 N–H and O–H groups in total. The van der Waals surface area contributed by atoms with Crippen LogP contribution in [0.5, 0.6) is 0 Å². The van der Waals surface area contributed by atoms with Gasteiger partial charge in [-0.2, -0.15) is 0 Å². The van der Waals surface area contributed by atoms with Crippen molar-refractivity contribution in [2.45, 2.75) is 63.6 Å². The Labute approximate surface area is 130 Å². The zero-order valence-corrected chi connectivity index (χ0v) is 13.7. The molecule has 3 heteroatoms. The second-order valence-corrected chi connectivity index (χ2v) is 6.95. The van der Waals surface area contributed by atoms with Crippen molar-refractivity contribution in [3.05, 3.63) is 24.8 Å². The van der Waals surface area contributed by atoms with Gasteiger partial charge in [-0.1, -0.05) is 18.2 Å². The molecule has 0 bridgehead atoms. The highest BCUT2D eigenvalue weighted by atomic mass is 15.2. The van der Waals surface area contributed by atoms with Gasteiger partial charge in [-0.05, 0) is 52.0 Å². The highest BCUT2D eigenvalue weighted by Gasteiger charge is 2.27. The summed E-state index contributed by atoms with van der Waals surface area (Å²) >= 11 is 0. The van der Waals surface area contributed by atoms with Gasteiger partial charge in [0.15, 0.2) is 0 Å². The number of nitrogens with one attached hydrogen (secondary N) is 2. The van der Waals surface area contributed by atoms with Crippen molar-refractivity contribution in [3.8, 4) is 0 Å². The van der Waals surface area contributed by atoms with Crippen LogP contribution in [0.25, 0.3) is 0 Å². The molecule has 2 rings (SSSR count). The van der Waals surface area contributed by atoms with Gasteiger partial charge in [0.1, 0.15) is 0 Å². The Morgan fingerprint density at radius 3 is 2.67 bits per heavy atom. The van der Waals surface area contributed by atoms with Crippen molar-refractivity contribution in [3.63, 3.8) is 0 Å². The monoisotopic (exact) mass is 291 g/mol. The zero-order chi connectivity index (χ0) is 15.1. The number of unbranched alkanes of at least 4 members (excludes halogenated alkanes) is 1. The van der Waals surface area contributed by atoms with Gasteiger partial charge in [-0.15, -0.1) is 6.58 Å². The summed E-state index contributed by atoms with van der Waals surface area (Å²) in [5.41, 5.74) is 1.27. The molecule has 1 atom stereocenters. The summed E-state index contributed by atoms with van der Waals surface area (Å²) in [7, 11) is 0. The number of rotatable bonds is 12. The second kappa shape index (κ2) is 8.72. The fraction of sp³-hybridized carbons (Fsp3) is 0.778. The van der Waals surface area contributed by atoms with Gasteiger partial charge < -0.3 is 10.6 Å². The van der Waals surface area contributed by atoms with Crippen molar-refractivity contribution < 1.29 is 0 Å². The lowest BCUT2D eigenvalue weighted by atomic mass is 10.0. The standard InChI is InChI=1S/C18H33N3/c1-4-5-6-7-16(20-17-8-9-17)10-11-19-18-13-21(14-18)12-15(2)3/h4,16-20H,1-2,5-14H2,3H3. The van der Waals surface area contributed by atoms with Gasteiger partial charge in [0.25, 0.3) is 0 Å². The Bertz CT molecular complexity index is 329. The topological polar surface area (TPSA) is 27.3 Å². The number of hydrogen-bond acceptors (Lipinski definition) is 3. The first kappa shape index (κ1) is 16.7. The molecule has 0 radical (unpaired) electrons. The van der Waals surface area contributed by atoms with E-state index in [1.165, 1.54) is 50.8 Å². The zero-order valence-electron chi connectivity index (χ0n) is 13.7. The second-order valence-electron chi connectivity index (χ2n) is 6.95. The van der Waals surface area contributed by atoms with Gasteiger partial charge in [-0.25, -0.2) is 0 Å². The van der Waals surface area contributed by atoms with Gasteiger partial charge in [0, 0.05) is 37.8 Å². The first-order valence-electron chi connectivity index (χ1n) is 8.64. The number of nitrogens with zero attached hydrogens (tertiary/aromatic N) is 1. The molecule has 1 heterocycles. The first-order chi connectivity index (χ1) is 10.2. The van der Waals surface area contributed by atoms with Crippen molar-refractivity contribution >= 4 is 0 Å². The fourth-order valence-corrected chi connectivity index (χ4v) is 3.07. The largest absolute Gasteiger partial charge is 0.311 e. The predicted octanol–water partition coefficient (Wildman–Crippen LogP) is 2.70. The van der Waals surface area contributed by atoms with E-state index in [1.807, 2.05) is 6.08 Å². The average molecular weight is 291 g/mol. The van der Waals surface area contributed by atoms with E-state index in [1.54, 1.807) is 0 Å². The van der Waals surface area contributed by atoms with E-state index in [0.29, 0.717) is 12.1 Å². The van der Waals surface area contributed by atoms with E-state index >= 15 is 0 Å². The third-order valence-corrected chi connectivity index (χ3v) is 4.39. The van der Waals surface area contributed by atoms with E-state index < -0.39 is 0 Å². The molecule has 0 aromatic heterocycles. The highest BCUT2D eigenvalue weighted by Crippen LogP contribution is 2.21. The lowest BCUT2D eigenvalue weighted by Gasteiger charge is -2.40. The smallest absolute Gasteiger partial charge is 0.0322 e. The molecule has 0 spiro atoms. The quantitative estimate of drug-likeness (QED) is 0.428. The molecule has 2 aliphatic rings. The SMILES string of the molecule is C=CCCCC(CCNC1CN(CC(=C)C)C1)NC1CC1. The van der Waals surface area contributed by atoms with Crippen LogP contribution in [0.15, 0.2) is 24.8 Å². The summed E-state index contributed by atoms with van der Waals surface area (Å²) < 4.78 is 0. The van der Waals surface area contributed by atoms with E-state index in [2.05, 4.69) is 35.6 Å². The lowest BCUT2D eigenvalue weighted by Crippen LogP contribution is -2.58. The summed E-state index contributed by atoms with van der Waals surface area (Å²) in [5, 5.41) is 7.50. The maximum absolute atomic E-state index is 3.98. The molecule has 3 nitrogen and oxygen atoms in total. The van der Waals surface area contributed by atoms with Crippen LogP contribution in [0.4, 0.5) is 0 Å². The maximum Gasteiger partial charge on any atom is 0.0322 e. The van der Waals surface area contributed by atoms with Crippen molar-refractivity contribution in [1.29, 1.82) is 0 Å². The Morgan fingerprint density at radius 2 is 2.05 bits per heavy atom. The molecule has 0 amide bonds. The Kier molecular flexibility index (Phi) is 6.94. The van der Waals surface area contributed by atoms with Crippen LogP contribution >= 0.6 is 0 Å². The Morgan fingerprint density at radius 1 is 1.29 bits per heavy atom. The van der Waals surface area contributed by atoms with Crippen molar-refractivity contribution in [1.82, 2.24) is 15.5 Å². The predicted molar refractivity (Wildman–Crippen MR) is 91.7 cm³/mol. The Hall–Kier alpha value is -0.640. The average Bonchev–Trinajstić information content (AvgIpc) is 3.19. The van der Waals surface area contributed by atoms with Gasteiger partial charge in [0.05, 0.1) is 0 Å². The van der Waals surface area contributed by atoms with Crippen LogP contribution in [-0.4, -0.2) is 49.2 Å². The van der Waals surface area contributed by atoms with E-state index in [-0.39, 0.29) is 0 Å². The molecule has 1 aliphatic heterocycles. The van der Waals surface area contributed by atoms with E-state index in [9.17, 15) is 0 Å². The minimum atomic E-state index is 0.691. The van der Waals surface area contributed by atoms with Crippen LogP contribution in [0.2, 0.25) is 0 Å². The van der Waals surface area contributed by atoms with Crippen molar-refractivity contribution in [2.75, 3.05) is 26.2 Å². The van der Waals surface area contributed by atoms with Crippen LogP contribution in [0.1, 0.15) is 45.4 Å². The van der Waals surface area contributed by atoms with Crippen molar-refractivity contribution in [2.24, 2.45) is 0 Å². The third kappa shape index (κ3) is 6.77. The van der Waals surface area contributed by atoms with Gasteiger partial charge >= 0.3 is 0 Å². The summed E-state index contributed by atoms with van der Waals surface area (Å²) in [5.74, 6) is 0. The summed E-state index contributed by atoms with van der Waals surface area (Å²) in [4.78, 5) is 2.46. The number of likely N-dealkylation sites (tertiary alicyclic amines) is 1. The number of hydrogen-bond donors (Lipinski definition) is 2. The summed E-state index contributed by atoms with van der Waals surface area (Å²) in [6.45, 7) is 14.5. The minimum absolute atomic E-state index is 0.691. The van der Waals surface area contributed by atoms with Gasteiger partial charge in [-0.3, -0.25) is 4.90 Å². The lowest BCUT2D eigenvalue weighted by molar-refractivity contribution is 0.138. The molecule has 1 aliphatic carbocycles. The molecule has 0 aromatic rings. The Balaban J connectivity index is 1.54. The van der Waals surface area contributed by atoms with E-state index in [4.69, 9.17) is 0 Å². The molecule has 2 fully saturated rings. The fourth-order valence-electron chi connectivity index (χ4n) is 3.07. The molecular formula is C18H33N3. The normalized spacial score (nSPS) is 21.0. The number of allylic oxidation sites excluding steroid dienone is 1. The van der Waals surface area contributed by atoms with Crippen LogP contribution in [-0.2, 0) is 0 Å². The van der Waals surface area contributed by atoms with Crippen LogP contribution in [0.3, 0.4) is 0 Å². The van der Waals surface area contributed by atoms with Crippen LogP contribution < -0.4 is 10.6 Å². The van der Waals surface area contributed by atoms with E-state index in [0.717, 1.165) is 25.6 Å². The molecule has 120 valence electrons. The molecule has 1 saturated carbocycles. The molecule has 0 aromatic carbocycles. The highest BCUT2D eigenvalue weighted by molar-refractivity contribution is 4.97. The minimum Gasteiger partial charge on any atom is -0.311 e. The third-order valence-electron chi connectivity index (χ3n) is 4.39. The molecule has 1 unspecified atom stereocenters. The maximum atomic E-state index is 3.98. The molecule has 21 heavy (non-hydrogen) atoms. The first-order valence-corrected chi connectivity index (χ1v) is 8.64. The summed E-state index contributed by atoms with van der Waals surface area (Å²) in [6.07, 6.45) is 9.75. The van der Waals surface area contributed by atoms with Gasteiger partial charge in [0.2, 0.25) is 0 Å². The van der Waals surface area contributed by atoms with Crippen LogP contribution in [0, 0.1) is 0 Å². The molecular weight excluding hydrogens is 258 g/mol. The molecule has 1 saturated heterocycles.